The molecule has 0 amide bonds. The molecule has 11 heteroatoms. The molecule has 6 aromatic rings. The van der Waals surface area contributed by atoms with E-state index in [0.717, 1.165) is 33.4 Å². The summed E-state index contributed by atoms with van der Waals surface area (Å²) in [6.07, 6.45) is -9.20. The molecule has 66 heavy (non-hydrogen) atoms. The average Bonchev–Trinajstić information content (AvgIpc) is 3.37. The molecule has 2 aliphatic heterocycles. The molecule has 2 saturated heterocycles. The van der Waals surface area contributed by atoms with Crippen molar-refractivity contribution in [2.45, 2.75) is 101 Å². The van der Waals surface area contributed by atoms with Crippen LogP contribution in [0.25, 0.3) is 0 Å². The molecule has 346 valence electrons. The van der Waals surface area contributed by atoms with Crippen molar-refractivity contribution < 1.29 is 52.5 Å². The van der Waals surface area contributed by atoms with Gasteiger partial charge in [-0.2, -0.15) is 0 Å². The molecule has 10 atom stereocenters. The Morgan fingerprint density at radius 3 is 1.03 bits per heavy atom. The Labute approximate surface area is 388 Å². The summed E-state index contributed by atoms with van der Waals surface area (Å²) in [5, 5.41) is 12.5. The third-order valence-electron chi connectivity index (χ3n) is 11.7. The molecule has 11 nitrogen and oxygen atoms in total. The van der Waals surface area contributed by atoms with E-state index in [-0.39, 0.29) is 39.6 Å². The largest absolute Gasteiger partial charge is 0.385 e. The Hall–Kier alpha value is -5.12. The number of methoxy groups -OCH3 is 1. The van der Waals surface area contributed by atoms with Gasteiger partial charge >= 0.3 is 0 Å². The number of hydrogen-bond acceptors (Lipinski definition) is 11. The molecule has 0 unspecified atom stereocenters. The lowest BCUT2D eigenvalue weighted by molar-refractivity contribution is -0.377. The minimum atomic E-state index is -1.34. The maximum absolute atomic E-state index is 12.5. The zero-order chi connectivity index (χ0) is 45.2. The van der Waals surface area contributed by atoms with Gasteiger partial charge in [0.15, 0.2) is 12.6 Å². The van der Waals surface area contributed by atoms with Crippen LogP contribution in [0.2, 0.25) is 0 Å². The number of aliphatic hydroxyl groups is 1. The first kappa shape index (κ1) is 47.4. The molecule has 8 rings (SSSR count). The fourth-order valence-corrected chi connectivity index (χ4v) is 8.23. The first-order valence-corrected chi connectivity index (χ1v) is 22.6. The minimum absolute atomic E-state index is 0.110. The van der Waals surface area contributed by atoms with E-state index < -0.39 is 61.4 Å². The average molecular weight is 897 g/mol. The van der Waals surface area contributed by atoms with Gasteiger partial charge < -0.3 is 52.5 Å². The molecule has 0 radical (unpaired) electrons. The minimum Gasteiger partial charge on any atom is -0.385 e. The van der Waals surface area contributed by atoms with E-state index in [1.807, 2.05) is 182 Å². The first-order valence-electron chi connectivity index (χ1n) is 22.6. The number of rotatable bonds is 23. The van der Waals surface area contributed by atoms with Crippen LogP contribution in [0.3, 0.4) is 0 Å². The zero-order valence-corrected chi connectivity index (χ0v) is 37.3. The first-order chi connectivity index (χ1) is 32.6. The second kappa shape index (κ2) is 25.1. The fraction of sp³-hybridized carbons (Fsp3) is 0.345. The molecule has 2 fully saturated rings. The molecule has 0 aliphatic carbocycles. The summed E-state index contributed by atoms with van der Waals surface area (Å²) in [4.78, 5) is 0. The summed E-state index contributed by atoms with van der Waals surface area (Å²) in [7, 11) is 1.56. The second-order valence-electron chi connectivity index (χ2n) is 16.5. The van der Waals surface area contributed by atoms with Gasteiger partial charge in [0.2, 0.25) is 0 Å². The van der Waals surface area contributed by atoms with Crippen molar-refractivity contribution >= 4 is 0 Å². The summed E-state index contributed by atoms with van der Waals surface area (Å²) in [5.41, 5.74) is 5.84. The van der Waals surface area contributed by atoms with Crippen LogP contribution in [0.15, 0.2) is 182 Å². The van der Waals surface area contributed by atoms with Crippen LogP contribution >= 0.6 is 0 Å². The van der Waals surface area contributed by atoms with Gasteiger partial charge in [-0.1, -0.05) is 182 Å². The summed E-state index contributed by atoms with van der Waals surface area (Å²) in [5.74, 6) is 0. The second-order valence-corrected chi connectivity index (χ2v) is 16.5. The summed E-state index contributed by atoms with van der Waals surface area (Å²) < 4.78 is 66.3. The number of aliphatic hydroxyl groups excluding tert-OH is 1. The Morgan fingerprint density at radius 2 is 0.667 bits per heavy atom. The third kappa shape index (κ3) is 13.5. The molecule has 2 aliphatic rings. The van der Waals surface area contributed by atoms with Gasteiger partial charge in [0.1, 0.15) is 48.8 Å². The summed E-state index contributed by atoms with van der Waals surface area (Å²) >= 11 is 0. The predicted octanol–water partition coefficient (Wildman–Crippen LogP) is 8.60. The van der Waals surface area contributed by atoms with Crippen LogP contribution in [-0.2, 0) is 87.0 Å². The molecule has 0 bridgehead atoms. The van der Waals surface area contributed by atoms with Gasteiger partial charge in [0.25, 0.3) is 0 Å². The van der Waals surface area contributed by atoms with Crippen LogP contribution in [0.1, 0.15) is 33.4 Å². The highest BCUT2D eigenvalue weighted by molar-refractivity contribution is 5.18. The zero-order valence-electron chi connectivity index (χ0n) is 37.3. The van der Waals surface area contributed by atoms with Crippen LogP contribution in [0.5, 0.6) is 0 Å². The lowest BCUT2D eigenvalue weighted by Gasteiger charge is -2.49. The Bertz CT molecular complexity index is 2220. The van der Waals surface area contributed by atoms with E-state index in [1.165, 1.54) is 0 Å². The van der Waals surface area contributed by atoms with Gasteiger partial charge in [0, 0.05) is 7.11 Å². The van der Waals surface area contributed by atoms with Crippen molar-refractivity contribution in [3.8, 4) is 0 Å². The van der Waals surface area contributed by atoms with Gasteiger partial charge in [-0.05, 0) is 33.4 Å². The van der Waals surface area contributed by atoms with Crippen molar-refractivity contribution in [2.24, 2.45) is 0 Å². The van der Waals surface area contributed by atoms with Crippen LogP contribution in [0, 0.1) is 0 Å². The third-order valence-corrected chi connectivity index (χ3v) is 11.7. The molecule has 1 N–H and O–H groups in total. The quantitative estimate of drug-likeness (QED) is 0.0668. The monoisotopic (exact) mass is 896 g/mol. The Morgan fingerprint density at radius 1 is 0.364 bits per heavy atom. The highest BCUT2D eigenvalue weighted by Crippen LogP contribution is 2.35. The van der Waals surface area contributed by atoms with Gasteiger partial charge in [0.05, 0.1) is 52.9 Å². The lowest BCUT2D eigenvalue weighted by atomic mass is 9.96. The molecule has 0 saturated carbocycles. The SMILES string of the molecule is CO[C@@H]1O[C@H](COCc2ccccc2)[C@H](OCc2ccccc2)[C@H](OCc2ccccc2)[C@H]1O[C@@H]1O[C@H](COCc2ccccc2)[C@H](OCc2ccccc2)[C@H](OCc2ccccc2)[C@H]1O. The fourth-order valence-electron chi connectivity index (χ4n) is 8.23. The van der Waals surface area contributed by atoms with E-state index in [4.69, 9.17) is 47.4 Å². The molecule has 0 spiro atoms. The molecular formula is C55H60O11. The lowest BCUT2D eigenvalue weighted by Crippen LogP contribution is -2.66. The smallest absolute Gasteiger partial charge is 0.187 e. The molecule has 2 heterocycles. The maximum atomic E-state index is 12.5. The summed E-state index contributed by atoms with van der Waals surface area (Å²) in [6.45, 7) is 1.93. The van der Waals surface area contributed by atoms with Crippen molar-refractivity contribution in [3.05, 3.63) is 215 Å². The standard InChI is InChI=1S/C55H60O11/c1-57-55-53(52(63-37-45-30-18-7-19-31-45)50(61-35-43-26-14-5-15-27-43)47(65-55)39-59-33-41-22-10-3-11-23-41)66-54-48(56)51(62-36-44-28-16-6-17-29-44)49(60-34-42-24-12-4-13-25-42)46(64-54)38-58-32-40-20-8-2-9-21-40/h2-31,46-56H,32-39H2,1H3/t46-,47-,48-,49+,50+,51-,52+,53-,54+,55-/m1/s1. The van der Waals surface area contributed by atoms with E-state index in [2.05, 4.69) is 0 Å². The number of benzene rings is 6. The van der Waals surface area contributed by atoms with Crippen molar-refractivity contribution in [1.29, 1.82) is 0 Å². The van der Waals surface area contributed by atoms with Crippen LogP contribution in [0.4, 0.5) is 0 Å². The maximum Gasteiger partial charge on any atom is 0.187 e. The molecular weight excluding hydrogens is 837 g/mol. The molecule has 0 aromatic heterocycles. The Balaban J connectivity index is 1.10. The highest BCUT2D eigenvalue weighted by atomic mass is 16.8. The van der Waals surface area contributed by atoms with E-state index in [1.54, 1.807) is 7.11 Å². The van der Waals surface area contributed by atoms with Gasteiger partial charge in [-0.15, -0.1) is 0 Å². The number of ether oxygens (including phenoxy) is 10. The number of hydrogen-bond donors (Lipinski definition) is 1. The normalized spacial score (nSPS) is 25.4. The van der Waals surface area contributed by atoms with E-state index in [0.29, 0.717) is 13.2 Å². The molecule has 6 aromatic carbocycles. The van der Waals surface area contributed by atoms with E-state index >= 15 is 0 Å². The van der Waals surface area contributed by atoms with Crippen LogP contribution in [-0.4, -0.2) is 86.8 Å². The van der Waals surface area contributed by atoms with Crippen LogP contribution < -0.4 is 0 Å². The van der Waals surface area contributed by atoms with Crippen molar-refractivity contribution in [2.75, 3.05) is 20.3 Å². The van der Waals surface area contributed by atoms with Gasteiger partial charge in [-0.25, -0.2) is 0 Å². The van der Waals surface area contributed by atoms with E-state index in [9.17, 15) is 5.11 Å². The summed E-state index contributed by atoms with van der Waals surface area (Å²) in [6, 6.07) is 59.4. The highest BCUT2D eigenvalue weighted by Gasteiger charge is 2.54. The van der Waals surface area contributed by atoms with Gasteiger partial charge in [-0.3, -0.25) is 0 Å². The van der Waals surface area contributed by atoms with Crippen molar-refractivity contribution in [3.63, 3.8) is 0 Å². The topological polar surface area (TPSA) is 113 Å². The Kier molecular flexibility index (Phi) is 18.0. The van der Waals surface area contributed by atoms with Crippen molar-refractivity contribution in [1.82, 2.24) is 0 Å². The predicted molar refractivity (Wildman–Crippen MR) is 247 cm³/mol.